The summed E-state index contributed by atoms with van der Waals surface area (Å²) in [5.41, 5.74) is 0. The van der Waals surface area contributed by atoms with Crippen molar-refractivity contribution in [3.63, 3.8) is 0 Å². The average molecular weight is 320 g/mol. The molecule has 0 spiro atoms. The van der Waals surface area contributed by atoms with Gasteiger partial charge in [0.25, 0.3) is 0 Å². The van der Waals surface area contributed by atoms with E-state index in [1.807, 2.05) is 6.92 Å². The summed E-state index contributed by atoms with van der Waals surface area (Å²) in [4.78, 5) is 0. The second-order valence-electron chi connectivity index (χ2n) is 5.95. The van der Waals surface area contributed by atoms with Crippen molar-refractivity contribution in [1.82, 2.24) is 9.62 Å². The van der Waals surface area contributed by atoms with Gasteiger partial charge in [0.1, 0.15) is 0 Å². The molecule has 1 aliphatic carbocycles. The van der Waals surface area contributed by atoms with Crippen molar-refractivity contribution < 1.29 is 13.2 Å². The number of sulfonamides is 1. The van der Waals surface area contributed by atoms with E-state index in [4.69, 9.17) is 4.74 Å². The first kappa shape index (κ1) is 18.9. The van der Waals surface area contributed by atoms with E-state index in [0.717, 1.165) is 45.2 Å². The summed E-state index contributed by atoms with van der Waals surface area (Å²) in [6.45, 7) is 7.02. The lowest BCUT2D eigenvalue weighted by atomic mass is 10.2. The highest BCUT2D eigenvalue weighted by Gasteiger charge is 2.36. The van der Waals surface area contributed by atoms with Crippen LogP contribution in [0.5, 0.6) is 0 Å². The predicted molar refractivity (Wildman–Crippen MR) is 86.9 cm³/mol. The third kappa shape index (κ3) is 7.08. The van der Waals surface area contributed by atoms with Crippen LogP contribution in [0.15, 0.2) is 0 Å². The van der Waals surface area contributed by atoms with Gasteiger partial charge in [-0.2, -0.15) is 4.31 Å². The molecule has 126 valence electrons. The lowest BCUT2D eigenvalue weighted by Gasteiger charge is -2.28. The van der Waals surface area contributed by atoms with Gasteiger partial charge in [-0.15, -0.1) is 0 Å². The molecule has 6 heteroatoms. The number of rotatable bonds is 13. The molecule has 0 heterocycles. The topological polar surface area (TPSA) is 58.6 Å². The molecule has 1 N–H and O–H groups in total. The number of unbranched alkanes of at least 4 members (excludes halogenated alkanes) is 1. The van der Waals surface area contributed by atoms with E-state index in [1.54, 1.807) is 11.4 Å². The Hall–Kier alpha value is -0.170. The molecular formula is C15H32N2O3S. The first-order chi connectivity index (χ1) is 10.0. The fourth-order valence-corrected chi connectivity index (χ4v) is 4.38. The maximum Gasteiger partial charge on any atom is 0.214 e. The number of nitrogens with zero attached hydrogens (tertiary/aromatic N) is 1. The summed E-state index contributed by atoms with van der Waals surface area (Å²) in [7, 11) is -1.55. The van der Waals surface area contributed by atoms with Crippen LogP contribution in [0.3, 0.4) is 0 Å². The van der Waals surface area contributed by atoms with E-state index in [9.17, 15) is 8.42 Å². The van der Waals surface area contributed by atoms with Gasteiger partial charge < -0.3 is 10.1 Å². The van der Waals surface area contributed by atoms with Gasteiger partial charge in [-0.25, -0.2) is 8.42 Å². The second-order valence-corrected chi connectivity index (χ2v) is 8.00. The lowest BCUT2D eigenvalue weighted by molar-refractivity contribution is 0.164. The molecule has 1 aliphatic rings. The Morgan fingerprint density at radius 1 is 1.29 bits per heavy atom. The maximum absolute atomic E-state index is 12.5. The van der Waals surface area contributed by atoms with Gasteiger partial charge in [-0.3, -0.25) is 0 Å². The highest BCUT2D eigenvalue weighted by Crippen LogP contribution is 2.36. The molecular weight excluding hydrogens is 288 g/mol. The monoisotopic (exact) mass is 320 g/mol. The minimum Gasteiger partial charge on any atom is -0.383 e. The van der Waals surface area contributed by atoms with Crippen molar-refractivity contribution in [2.75, 3.05) is 39.1 Å². The Balaban J connectivity index is 2.41. The summed E-state index contributed by atoms with van der Waals surface area (Å²) in [6.07, 6.45) is 5.05. The quantitative estimate of drug-likeness (QED) is 0.526. The third-order valence-corrected chi connectivity index (χ3v) is 6.10. The van der Waals surface area contributed by atoms with Crippen LogP contribution in [0.1, 0.15) is 46.0 Å². The van der Waals surface area contributed by atoms with Crippen molar-refractivity contribution in [2.24, 2.45) is 5.92 Å². The van der Waals surface area contributed by atoms with Gasteiger partial charge in [0.2, 0.25) is 10.0 Å². The lowest BCUT2D eigenvalue weighted by Crippen LogP contribution is -2.43. The van der Waals surface area contributed by atoms with E-state index in [-0.39, 0.29) is 11.8 Å². The Kier molecular flexibility index (Phi) is 8.78. The molecule has 0 bridgehead atoms. The van der Waals surface area contributed by atoms with Crippen LogP contribution in [-0.2, 0) is 14.8 Å². The first-order valence-electron chi connectivity index (χ1n) is 8.22. The molecule has 21 heavy (non-hydrogen) atoms. The number of methoxy groups -OCH3 is 1. The van der Waals surface area contributed by atoms with Crippen LogP contribution >= 0.6 is 0 Å². The Morgan fingerprint density at radius 2 is 2.00 bits per heavy atom. The van der Waals surface area contributed by atoms with Crippen molar-refractivity contribution in [3.8, 4) is 0 Å². The van der Waals surface area contributed by atoms with Gasteiger partial charge in [-0.1, -0.05) is 6.92 Å². The van der Waals surface area contributed by atoms with E-state index >= 15 is 0 Å². The molecule has 1 unspecified atom stereocenters. The number of hydrogen-bond donors (Lipinski definition) is 1. The van der Waals surface area contributed by atoms with Crippen molar-refractivity contribution in [2.45, 2.75) is 52.0 Å². The fourth-order valence-electron chi connectivity index (χ4n) is 2.54. The molecule has 1 rings (SSSR count). The van der Waals surface area contributed by atoms with Crippen LogP contribution in [-0.4, -0.2) is 57.9 Å². The highest BCUT2D eigenvalue weighted by atomic mass is 32.2. The van der Waals surface area contributed by atoms with Crippen LogP contribution in [0.25, 0.3) is 0 Å². The summed E-state index contributed by atoms with van der Waals surface area (Å²) < 4.78 is 31.8. The maximum atomic E-state index is 12.5. The average Bonchev–Trinajstić information content (AvgIpc) is 3.27. The van der Waals surface area contributed by atoms with Crippen LogP contribution in [0, 0.1) is 5.92 Å². The molecule has 1 fully saturated rings. The largest absolute Gasteiger partial charge is 0.383 e. The zero-order valence-electron chi connectivity index (χ0n) is 13.8. The zero-order chi connectivity index (χ0) is 15.7. The van der Waals surface area contributed by atoms with E-state index in [1.165, 1.54) is 0 Å². The van der Waals surface area contributed by atoms with Gasteiger partial charge in [0, 0.05) is 19.7 Å². The predicted octanol–water partition coefficient (Wildman–Crippen LogP) is 1.84. The zero-order valence-corrected chi connectivity index (χ0v) is 14.6. The number of hydrogen-bond acceptors (Lipinski definition) is 4. The normalized spacial score (nSPS) is 17.3. The molecule has 1 atom stereocenters. The number of ether oxygens (including phenoxy) is 1. The van der Waals surface area contributed by atoms with Crippen LogP contribution in [0.2, 0.25) is 0 Å². The molecule has 0 radical (unpaired) electrons. The molecule has 0 amide bonds. The van der Waals surface area contributed by atoms with E-state index in [0.29, 0.717) is 19.1 Å². The molecule has 0 aromatic carbocycles. The molecule has 1 saturated carbocycles. The van der Waals surface area contributed by atoms with Gasteiger partial charge in [0.15, 0.2) is 0 Å². The minimum atomic E-state index is -3.17. The molecule has 0 aromatic rings. The van der Waals surface area contributed by atoms with Gasteiger partial charge in [0.05, 0.1) is 12.4 Å². The Bertz CT molecular complexity index is 369. The minimum absolute atomic E-state index is 0.114. The van der Waals surface area contributed by atoms with Crippen molar-refractivity contribution in [1.29, 1.82) is 0 Å². The van der Waals surface area contributed by atoms with Crippen LogP contribution in [0.4, 0.5) is 0 Å². The SMILES string of the molecule is CCCNCCCCS(=O)(=O)N(CCOC)C(C)C1CC1. The third-order valence-electron chi connectivity index (χ3n) is 4.06. The second kappa shape index (κ2) is 9.77. The standard InChI is InChI=1S/C15H32N2O3S/c1-4-9-16-10-5-6-13-21(18,19)17(11-12-20-3)14(2)15-7-8-15/h14-16H,4-13H2,1-3H3. The fraction of sp³-hybridized carbons (Fsp3) is 1.00. The Labute approximate surface area is 130 Å². The van der Waals surface area contributed by atoms with Gasteiger partial charge in [-0.05, 0) is 58.0 Å². The first-order valence-corrected chi connectivity index (χ1v) is 9.83. The Morgan fingerprint density at radius 3 is 2.57 bits per heavy atom. The molecule has 0 saturated heterocycles. The molecule has 0 aromatic heterocycles. The van der Waals surface area contributed by atoms with Crippen LogP contribution < -0.4 is 5.32 Å². The number of nitrogens with one attached hydrogen (secondary N) is 1. The highest BCUT2D eigenvalue weighted by molar-refractivity contribution is 7.89. The van der Waals surface area contributed by atoms with Crippen molar-refractivity contribution in [3.05, 3.63) is 0 Å². The summed E-state index contributed by atoms with van der Waals surface area (Å²) in [5, 5.41) is 3.31. The molecule has 5 nitrogen and oxygen atoms in total. The van der Waals surface area contributed by atoms with E-state index < -0.39 is 10.0 Å². The van der Waals surface area contributed by atoms with Crippen molar-refractivity contribution >= 4 is 10.0 Å². The molecule has 0 aliphatic heterocycles. The van der Waals surface area contributed by atoms with Gasteiger partial charge >= 0.3 is 0 Å². The summed E-state index contributed by atoms with van der Waals surface area (Å²) in [6, 6.07) is 0.114. The summed E-state index contributed by atoms with van der Waals surface area (Å²) in [5.74, 6) is 0.796. The smallest absolute Gasteiger partial charge is 0.214 e. The van der Waals surface area contributed by atoms with E-state index in [2.05, 4.69) is 12.2 Å². The summed E-state index contributed by atoms with van der Waals surface area (Å²) >= 11 is 0.